The number of carbonyl (C=O) groups excluding carboxylic acids is 1. The van der Waals surface area contributed by atoms with E-state index in [9.17, 15) is 19.8 Å². The first kappa shape index (κ1) is 15.3. The topological polar surface area (TPSA) is 113 Å². The molecule has 1 aromatic carbocycles. The van der Waals surface area contributed by atoms with Gasteiger partial charge in [-0.2, -0.15) is 0 Å². The molecule has 1 aliphatic carbocycles. The third kappa shape index (κ3) is 4.19. The highest BCUT2D eigenvalue weighted by molar-refractivity contribution is 5.85. The normalized spacial score (nSPS) is 22.7. The molecule has 0 aromatic heterocycles. The van der Waals surface area contributed by atoms with Crippen LogP contribution in [0.25, 0.3) is 0 Å². The summed E-state index contributed by atoms with van der Waals surface area (Å²) in [5.74, 6) is -1.39. The van der Waals surface area contributed by atoms with E-state index in [2.05, 4.69) is 5.32 Å². The number of carboxylic acid groups (broad SMARTS) is 1. The van der Waals surface area contributed by atoms with E-state index in [1.54, 1.807) is 12.1 Å². The van der Waals surface area contributed by atoms with Crippen LogP contribution in [-0.2, 0) is 16.0 Å². The summed E-state index contributed by atoms with van der Waals surface area (Å²) < 4.78 is 0. The lowest BCUT2D eigenvalue weighted by Crippen LogP contribution is -2.44. The SMILES string of the molecule is NC1CCC(C(=O)N[C@H](Cc2ccc(O)cc2)C(=O)O)C1. The lowest BCUT2D eigenvalue weighted by molar-refractivity contribution is -0.142. The second-order valence-electron chi connectivity index (χ2n) is 5.54. The highest BCUT2D eigenvalue weighted by Gasteiger charge is 2.30. The van der Waals surface area contributed by atoms with Crippen LogP contribution in [0.5, 0.6) is 5.75 Å². The minimum absolute atomic E-state index is 0.0288. The average Bonchev–Trinajstić information content (AvgIpc) is 2.87. The van der Waals surface area contributed by atoms with Crippen molar-refractivity contribution in [2.45, 2.75) is 37.8 Å². The predicted molar refractivity (Wildman–Crippen MR) is 76.7 cm³/mol. The molecule has 1 saturated carbocycles. The molecule has 1 aromatic rings. The third-order valence-corrected chi connectivity index (χ3v) is 3.83. The number of nitrogens with one attached hydrogen (secondary N) is 1. The molecule has 0 bridgehead atoms. The van der Waals surface area contributed by atoms with Gasteiger partial charge in [-0.15, -0.1) is 0 Å². The summed E-state index contributed by atoms with van der Waals surface area (Å²) in [6.45, 7) is 0. The van der Waals surface area contributed by atoms with Crippen LogP contribution in [0.4, 0.5) is 0 Å². The Morgan fingerprint density at radius 2 is 1.95 bits per heavy atom. The quantitative estimate of drug-likeness (QED) is 0.636. The largest absolute Gasteiger partial charge is 0.508 e. The first-order valence-corrected chi connectivity index (χ1v) is 7.02. The van der Waals surface area contributed by atoms with Crippen molar-refractivity contribution in [1.82, 2.24) is 5.32 Å². The van der Waals surface area contributed by atoms with Crippen LogP contribution >= 0.6 is 0 Å². The number of amides is 1. The predicted octanol–water partition coefficient (Wildman–Crippen LogP) is 0.631. The Labute approximate surface area is 123 Å². The minimum atomic E-state index is -1.07. The lowest BCUT2D eigenvalue weighted by atomic mass is 10.0. The first-order valence-electron chi connectivity index (χ1n) is 7.02. The molecule has 114 valence electrons. The van der Waals surface area contributed by atoms with Crippen molar-refractivity contribution in [3.8, 4) is 5.75 Å². The Morgan fingerprint density at radius 1 is 1.29 bits per heavy atom. The fourth-order valence-electron chi connectivity index (χ4n) is 2.61. The zero-order valence-corrected chi connectivity index (χ0v) is 11.7. The van der Waals surface area contributed by atoms with Gasteiger partial charge in [-0.3, -0.25) is 4.79 Å². The number of aliphatic carboxylic acids is 1. The molecule has 0 saturated heterocycles. The van der Waals surface area contributed by atoms with E-state index in [4.69, 9.17) is 5.73 Å². The standard InChI is InChI=1S/C15H20N2O4/c16-11-4-3-10(8-11)14(19)17-13(15(20)21)7-9-1-5-12(18)6-2-9/h1-2,5-6,10-11,13,18H,3-4,7-8,16H2,(H,17,19)(H,20,21)/t10?,11?,13-/m1/s1. The van der Waals surface area contributed by atoms with Crippen molar-refractivity contribution in [3.63, 3.8) is 0 Å². The molecule has 1 fully saturated rings. The fourth-order valence-corrected chi connectivity index (χ4v) is 2.61. The van der Waals surface area contributed by atoms with Crippen LogP contribution in [0.15, 0.2) is 24.3 Å². The monoisotopic (exact) mass is 292 g/mol. The number of hydrogen-bond acceptors (Lipinski definition) is 4. The van der Waals surface area contributed by atoms with Gasteiger partial charge in [0.2, 0.25) is 5.91 Å². The van der Waals surface area contributed by atoms with Crippen molar-refractivity contribution in [2.24, 2.45) is 11.7 Å². The van der Waals surface area contributed by atoms with Gasteiger partial charge in [0, 0.05) is 18.4 Å². The van der Waals surface area contributed by atoms with E-state index in [-0.39, 0.29) is 30.0 Å². The number of hydrogen-bond donors (Lipinski definition) is 4. The van der Waals surface area contributed by atoms with Gasteiger partial charge in [-0.1, -0.05) is 12.1 Å². The fraction of sp³-hybridized carbons (Fsp3) is 0.467. The molecule has 0 aliphatic heterocycles. The first-order chi connectivity index (χ1) is 9.95. The molecule has 6 heteroatoms. The van der Waals surface area contributed by atoms with E-state index in [1.165, 1.54) is 12.1 Å². The Balaban J connectivity index is 1.97. The number of nitrogens with two attached hydrogens (primary N) is 1. The molecular weight excluding hydrogens is 272 g/mol. The molecule has 5 N–H and O–H groups in total. The van der Waals surface area contributed by atoms with E-state index in [1.807, 2.05) is 0 Å². The highest BCUT2D eigenvalue weighted by Crippen LogP contribution is 2.24. The number of rotatable bonds is 5. The van der Waals surface area contributed by atoms with Gasteiger partial charge in [0.05, 0.1) is 0 Å². The molecule has 3 atom stereocenters. The van der Waals surface area contributed by atoms with Crippen LogP contribution in [0.2, 0.25) is 0 Å². The average molecular weight is 292 g/mol. The summed E-state index contributed by atoms with van der Waals surface area (Å²) in [7, 11) is 0. The number of phenols is 1. The molecular formula is C15H20N2O4. The van der Waals surface area contributed by atoms with E-state index in [0.29, 0.717) is 12.8 Å². The molecule has 1 aliphatic rings. The molecule has 1 amide bonds. The van der Waals surface area contributed by atoms with Crippen LogP contribution in [-0.4, -0.2) is 34.2 Å². The van der Waals surface area contributed by atoms with Gasteiger partial charge >= 0.3 is 5.97 Å². The molecule has 0 spiro atoms. The number of carboxylic acids is 1. The van der Waals surface area contributed by atoms with Gasteiger partial charge in [0.25, 0.3) is 0 Å². The Kier molecular flexibility index (Phi) is 4.80. The maximum Gasteiger partial charge on any atom is 0.326 e. The molecule has 0 heterocycles. The summed E-state index contributed by atoms with van der Waals surface area (Å²) in [5.41, 5.74) is 6.51. The summed E-state index contributed by atoms with van der Waals surface area (Å²) >= 11 is 0. The molecule has 6 nitrogen and oxygen atoms in total. The summed E-state index contributed by atoms with van der Waals surface area (Å²) in [5, 5.41) is 21.0. The van der Waals surface area contributed by atoms with Crippen molar-refractivity contribution >= 4 is 11.9 Å². The van der Waals surface area contributed by atoms with Crippen molar-refractivity contribution < 1.29 is 19.8 Å². The zero-order valence-electron chi connectivity index (χ0n) is 11.7. The van der Waals surface area contributed by atoms with Crippen LogP contribution < -0.4 is 11.1 Å². The van der Waals surface area contributed by atoms with E-state index in [0.717, 1.165) is 12.0 Å². The van der Waals surface area contributed by atoms with E-state index < -0.39 is 12.0 Å². The van der Waals surface area contributed by atoms with Crippen LogP contribution in [0, 0.1) is 5.92 Å². The van der Waals surface area contributed by atoms with Gasteiger partial charge in [-0.25, -0.2) is 4.79 Å². The molecule has 21 heavy (non-hydrogen) atoms. The van der Waals surface area contributed by atoms with Gasteiger partial charge in [-0.05, 0) is 37.0 Å². The Bertz CT molecular complexity index is 515. The lowest BCUT2D eigenvalue weighted by Gasteiger charge is -2.17. The second kappa shape index (κ2) is 6.58. The van der Waals surface area contributed by atoms with Crippen LogP contribution in [0.3, 0.4) is 0 Å². The van der Waals surface area contributed by atoms with Crippen molar-refractivity contribution in [1.29, 1.82) is 0 Å². The van der Waals surface area contributed by atoms with Gasteiger partial charge in [0.15, 0.2) is 0 Å². The molecule has 2 rings (SSSR count). The Hall–Kier alpha value is -2.08. The van der Waals surface area contributed by atoms with Gasteiger partial charge in [0.1, 0.15) is 11.8 Å². The third-order valence-electron chi connectivity index (χ3n) is 3.83. The minimum Gasteiger partial charge on any atom is -0.508 e. The number of phenolic OH excluding ortho intramolecular Hbond substituents is 1. The van der Waals surface area contributed by atoms with Crippen molar-refractivity contribution in [3.05, 3.63) is 29.8 Å². The zero-order chi connectivity index (χ0) is 15.4. The van der Waals surface area contributed by atoms with E-state index >= 15 is 0 Å². The maximum atomic E-state index is 12.1. The number of benzene rings is 1. The smallest absolute Gasteiger partial charge is 0.326 e. The van der Waals surface area contributed by atoms with Crippen LogP contribution in [0.1, 0.15) is 24.8 Å². The Morgan fingerprint density at radius 3 is 2.48 bits per heavy atom. The molecule has 2 unspecified atom stereocenters. The van der Waals surface area contributed by atoms with Gasteiger partial charge < -0.3 is 21.3 Å². The highest BCUT2D eigenvalue weighted by atomic mass is 16.4. The summed E-state index contributed by atoms with van der Waals surface area (Å²) in [6, 6.07) is 5.32. The number of aromatic hydroxyl groups is 1. The maximum absolute atomic E-state index is 12.1. The summed E-state index contributed by atoms with van der Waals surface area (Å²) in [4.78, 5) is 23.4. The molecule has 0 radical (unpaired) electrons. The number of carbonyl (C=O) groups is 2. The second-order valence-corrected chi connectivity index (χ2v) is 5.54. The van der Waals surface area contributed by atoms with Crippen molar-refractivity contribution in [2.75, 3.05) is 0 Å². The summed E-state index contributed by atoms with van der Waals surface area (Å²) in [6.07, 6.45) is 2.30.